The van der Waals surface area contributed by atoms with Crippen molar-refractivity contribution < 1.29 is 14.3 Å². The van der Waals surface area contributed by atoms with E-state index in [9.17, 15) is 9.59 Å². The zero-order valence-corrected chi connectivity index (χ0v) is 17.4. The molecule has 4 nitrogen and oxygen atoms in total. The first-order valence-electron chi connectivity index (χ1n) is 10.8. The van der Waals surface area contributed by atoms with Gasteiger partial charge in [-0.1, -0.05) is 44.2 Å². The summed E-state index contributed by atoms with van der Waals surface area (Å²) in [6, 6.07) is 10.4. The molecule has 0 aromatic heterocycles. The molecule has 4 heteroatoms. The highest BCUT2D eigenvalue weighted by atomic mass is 16.5. The average Bonchev–Trinajstić information content (AvgIpc) is 2.64. The molecular weight excluding hydrogens is 350 g/mol. The van der Waals surface area contributed by atoms with Crippen LogP contribution in [0.25, 0.3) is 0 Å². The van der Waals surface area contributed by atoms with Crippen molar-refractivity contribution in [1.82, 2.24) is 5.32 Å². The summed E-state index contributed by atoms with van der Waals surface area (Å²) in [6.45, 7) is 3.88. The number of carbonyl (C=O) groups is 2. The summed E-state index contributed by atoms with van der Waals surface area (Å²) in [5.41, 5.74) is 1.79. The number of amides is 1. The number of methoxy groups -OCH3 is 1. The molecule has 4 saturated carbocycles. The van der Waals surface area contributed by atoms with Gasteiger partial charge in [-0.3, -0.25) is 4.79 Å². The van der Waals surface area contributed by atoms with Crippen LogP contribution < -0.4 is 5.32 Å². The van der Waals surface area contributed by atoms with E-state index in [1.807, 2.05) is 13.8 Å². The van der Waals surface area contributed by atoms with E-state index in [0.29, 0.717) is 6.42 Å². The highest BCUT2D eigenvalue weighted by Gasteiger charge is 2.58. The Bertz CT molecular complexity index is 727. The molecule has 0 spiro atoms. The summed E-state index contributed by atoms with van der Waals surface area (Å²) in [5.74, 6) is 1.14. The lowest BCUT2D eigenvalue weighted by molar-refractivity contribution is -0.147. The van der Waals surface area contributed by atoms with Crippen LogP contribution in [0.2, 0.25) is 0 Å². The molecule has 0 radical (unpaired) electrons. The van der Waals surface area contributed by atoms with E-state index in [1.54, 1.807) is 0 Å². The first kappa shape index (κ1) is 19.5. The summed E-state index contributed by atoms with van der Waals surface area (Å²) >= 11 is 0. The molecule has 3 atom stereocenters. The lowest BCUT2D eigenvalue weighted by Crippen LogP contribution is -2.56. The molecule has 1 amide bonds. The Morgan fingerprint density at radius 3 is 2.32 bits per heavy atom. The minimum absolute atomic E-state index is 0.00858. The van der Waals surface area contributed by atoms with Crippen LogP contribution in [0.4, 0.5) is 0 Å². The quantitative estimate of drug-likeness (QED) is 0.748. The van der Waals surface area contributed by atoms with Gasteiger partial charge in [0.25, 0.3) is 0 Å². The maximum absolute atomic E-state index is 13.0. The molecule has 4 aliphatic rings. The fourth-order valence-corrected chi connectivity index (χ4v) is 6.98. The van der Waals surface area contributed by atoms with Crippen LogP contribution in [0.15, 0.2) is 30.3 Å². The highest BCUT2D eigenvalue weighted by Crippen LogP contribution is 2.66. The second-order valence-corrected chi connectivity index (χ2v) is 10.1. The van der Waals surface area contributed by atoms with Gasteiger partial charge < -0.3 is 10.1 Å². The monoisotopic (exact) mass is 383 g/mol. The predicted octanol–water partition coefficient (Wildman–Crippen LogP) is 4.23. The van der Waals surface area contributed by atoms with Gasteiger partial charge in [-0.15, -0.1) is 0 Å². The van der Waals surface area contributed by atoms with E-state index in [-0.39, 0.29) is 28.6 Å². The van der Waals surface area contributed by atoms with Crippen LogP contribution in [0, 0.1) is 23.2 Å². The SMILES string of the molecule is COC(=O)C(NC(=O)CC12CC3CC(C1)CC(c1ccccc1)(C3)C2)C(C)C. The lowest BCUT2D eigenvalue weighted by atomic mass is 9.42. The van der Waals surface area contributed by atoms with E-state index in [0.717, 1.165) is 31.1 Å². The zero-order valence-electron chi connectivity index (χ0n) is 17.4. The average molecular weight is 384 g/mol. The zero-order chi connectivity index (χ0) is 19.9. The predicted molar refractivity (Wildman–Crippen MR) is 109 cm³/mol. The van der Waals surface area contributed by atoms with Crippen LogP contribution in [-0.2, 0) is 19.7 Å². The smallest absolute Gasteiger partial charge is 0.328 e. The Kier molecular flexibility index (Phi) is 5.01. The molecule has 1 N–H and O–H groups in total. The first-order chi connectivity index (χ1) is 13.3. The molecule has 0 heterocycles. The van der Waals surface area contributed by atoms with E-state index >= 15 is 0 Å². The number of esters is 1. The molecule has 4 fully saturated rings. The fourth-order valence-electron chi connectivity index (χ4n) is 6.98. The summed E-state index contributed by atoms with van der Waals surface area (Å²) in [5, 5.41) is 2.98. The third-order valence-electron chi connectivity index (χ3n) is 7.54. The Morgan fingerprint density at radius 1 is 1.11 bits per heavy atom. The van der Waals surface area contributed by atoms with Crippen LogP contribution in [-0.4, -0.2) is 25.0 Å². The van der Waals surface area contributed by atoms with Gasteiger partial charge in [-0.25, -0.2) is 4.79 Å². The van der Waals surface area contributed by atoms with Crippen molar-refractivity contribution in [2.45, 2.75) is 70.3 Å². The van der Waals surface area contributed by atoms with Gasteiger partial charge in [-0.05, 0) is 72.7 Å². The summed E-state index contributed by atoms with van der Waals surface area (Å²) in [7, 11) is 1.38. The molecule has 3 unspecified atom stereocenters. The molecule has 1 aromatic carbocycles. The van der Waals surface area contributed by atoms with Gasteiger partial charge in [-0.2, -0.15) is 0 Å². The Labute approximate surface area is 168 Å². The Morgan fingerprint density at radius 2 is 1.75 bits per heavy atom. The van der Waals surface area contributed by atoms with Crippen molar-refractivity contribution >= 4 is 11.9 Å². The molecule has 28 heavy (non-hydrogen) atoms. The van der Waals surface area contributed by atoms with Gasteiger partial charge in [0, 0.05) is 6.42 Å². The Balaban J connectivity index is 1.53. The maximum Gasteiger partial charge on any atom is 0.328 e. The van der Waals surface area contributed by atoms with E-state index in [1.165, 1.54) is 31.9 Å². The Hall–Kier alpha value is -1.84. The van der Waals surface area contributed by atoms with Crippen molar-refractivity contribution in [3.8, 4) is 0 Å². The number of carbonyl (C=O) groups excluding carboxylic acids is 2. The van der Waals surface area contributed by atoms with Gasteiger partial charge in [0.05, 0.1) is 7.11 Å². The van der Waals surface area contributed by atoms with E-state index in [4.69, 9.17) is 4.74 Å². The molecule has 5 rings (SSSR count). The van der Waals surface area contributed by atoms with Gasteiger partial charge in [0.1, 0.15) is 6.04 Å². The van der Waals surface area contributed by atoms with Crippen molar-refractivity contribution in [2.75, 3.05) is 7.11 Å². The van der Waals surface area contributed by atoms with Crippen LogP contribution in [0.3, 0.4) is 0 Å². The molecule has 152 valence electrons. The summed E-state index contributed by atoms with van der Waals surface area (Å²) in [4.78, 5) is 25.0. The lowest BCUT2D eigenvalue weighted by Gasteiger charge is -2.62. The normalized spacial score (nSPS) is 34.3. The van der Waals surface area contributed by atoms with E-state index < -0.39 is 6.04 Å². The number of ether oxygens (including phenoxy) is 1. The maximum atomic E-state index is 13.0. The topological polar surface area (TPSA) is 55.4 Å². The molecule has 0 aliphatic heterocycles. The summed E-state index contributed by atoms with van der Waals surface area (Å²) < 4.78 is 4.89. The third-order valence-corrected chi connectivity index (χ3v) is 7.54. The second kappa shape index (κ2) is 7.20. The van der Waals surface area contributed by atoms with Crippen molar-refractivity contribution in [2.24, 2.45) is 23.2 Å². The van der Waals surface area contributed by atoms with Crippen molar-refractivity contribution in [3.63, 3.8) is 0 Å². The highest BCUT2D eigenvalue weighted by molar-refractivity contribution is 5.85. The number of rotatable bonds is 6. The van der Waals surface area contributed by atoms with Gasteiger partial charge >= 0.3 is 5.97 Å². The number of benzene rings is 1. The minimum atomic E-state index is -0.561. The van der Waals surface area contributed by atoms with Gasteiger partial charge in [0.15, 0.2) is 0 Å². The van der Waals surface area contributed by atoms with Crippen molar-refractivity contribution in [1.29, 1.82) is 0 Å². The number of hydrogen-bond donors (Lipinski definition) is 1. The van der Waals surface area contributed by atoms with Crippen LogP contribution in [0.5, 0.6) is 0 Å². The molecular formula is C24H33NO3. The standard InChI is InChI=1S/C24H33NO3/c1-16(2)21(22(27)28-3)25-20(26)14-23-10-17-9-18(11-23)13-24(12-17,15-23)19-7-5-4-6-8-19/h4-8,16-18,21H,9-15H2,1-3H3,(H,25,26). The fraction of sp³-hybridized carbons (Fsp3) is 0.667. The van der Waals surface area contributed by atoms with E-state index in [2.05, 4.69) is 35.6 Å². The van der Waals surface area contributed by atoms with Crippen LogP contribution in [0.1, 0.15) is 64.4 Å². The minimum Gasteiger partial charge on any atom is -0.467 e. The molecule has 0 saturated heterocycles. The third kappa shape index (κ3) is 3.46. The van der Waals surface area contributed by atoms with Crippen molar-refractivity contribution in [3.05, 3.63) is 35.9 Å². The number of hydrogen-bond acceptors (Lipinski definition) is 3. The number of nitrogens with one attached hydrogen (secondary N) is 1. The molecule has 4 bridgehead atoms. The molecule has 1 aromatic rings. The molecule has 4 aliphatic carbocycles. The summed E-state index contributed by atoms with van der Waals surface area (Å²) in [6.07, 6.45) is 7.84. The van der Waals surface area contributed by atoms with Crippen LogP contribution >= 0.6 is 0 Å². The van der Waals surface area contributed by atoms with Gasteiger partial charge in [0.2, 0.25) is 5.91 Å². The first-order valence-corrected chi connectivity index (χ1v) is 10.8. The largest absolute Gasteiger partial charge is 0.467 e. The second-order valence-electron chi connectivity index (χ2n) is 10.1.